The summed E-state index contributed by atoms with van der Waals surface area (Å²) < 4.78 is 13.2. The van der Waals surface area contributed by atoms with Crippen molar-refractivity contribution < 1.29 is 9.18 Å². The highest BCUT2D eigenvalue weighted by molar-refractivity contribution is 6.00. The number of aromatic nitrogens is 1. The molecule has 1 aliphatic heterocycles. The number of likely N-dealkylation sites (tertiary alicyclic amines) is 1. The van der Waals surface area contributed by atoms with Crippen LogP contribution in [0.2, 0.25) is 0 Å². The zero-order valence-electron chi connectivity index (χ0n) is 14.4. The van der Waals surface area contributed by atoms with Gasteiger partial charge in [-0.1, -0.05) is 18.2 Å². The van der Waals surface area contributed by atoms with E-state index >= 15 is 0 Å². The number of carbonyl (C=O) groups excluding carboxylic acids is 1. The number of para-hydroxylation sites is 1. The van der Waals surface area contributed by atoms with Crippen molar-refractivity contribution in [1.82, 2.24) is 9.88 Å². The number of amides is 1. The van der Waals surface area contributed by atoms with E-state index in [-0.39, 0.29) is 11.7 Å². The summed E-state index contributed by atoms with van der Waals surface area (Å²) in [6, 6.07) is 15.7. The van der Waals surface area contributed by atoms with Gasteiger partial charge in [-0.05, 0) is 55.7 Å². The SMILES string of the molecule is O=C(c1cc(Nc2ccc(F)cc2)c2ccccc2n1)N1CCCCC1. The molecule has 1 fully saturated rings. The highest BCUT2D eigenvalue weighted by Crippen LogP contribution is 2.27. The lowest BCUT2D eigenvalue weighted by molar-refractivity contribution is 0.0719. The van der Waals surface area contributed by atoms with Gasteiger partial charge in [-0.2, -0.15) is 0 Å². The third-order valence-electron chi connectivity index (χ3n) is 4.70. The molecule has 132 valence electrons. The van der Waals surface area contributed by atoms with Crippen LogP contribution in [0.3, 0.4) is 0 Å². The van der Waals surface area contributed by atoms with Crippen molar-refractivity contribution in [1.29, 1.82) is 0 Å². The van der Waals surface area contributed by atoms with E-state index in [1.807, 2.05) is 29.2 Å². The van der Waals surface area contributed by atoms with Crippen LogP contribution in [-0.4, -0.2) is 28.9 Å². The lowest BCUT2D eigenvalue weighted by Crippen LogP contribution is -2.36. The number of anilines is 2. The van der Waals surface area contributed by atoms with Crippen molar-refractivity contribution in [3.63, 3.8) is 0 Å². The van der Waals surface area contributed by atoms with Gasteiger partial charge < -0.3 is 10.2 Å². The molecule has 0 saturated carbocycles. The maximum Gasteiger partial charge on any atom is 0.272 e. The van der Waals surface area contributed by atoms with Crippen LogP contribution in [0.4, 0.5) is 15.8 Å². The Hall–Kier alpha value is -2.95. The van der Waals surface area contributed by atoms with Gasteiger partial charge in [0.2, 0.25) is 0 Å². The number of hydrogen-bond acceptors (Lipinski definition) is 3. The lowest BCUT2D eigenvalue weighted by atomic mass is 10.1. The van der Waals surface area contributed by atoms with Gasteiger partial charge in [0, 0.05) is 24.2 Å². The molecule has 2 heterocycles. The molecule has 1 saturated heterocycles. The Morgan fingerprint density at radius 2 is 1.73 bits per heavy atom. The van der Waals surface area contributed by atoms with Crippen LogP contribution in [-0.2, 0) is 0 Å². The number of rotatable bonds is 3. The number of nitrogens with zero attached hydrogens (tertiary/aromatic N) is 2. The maximum absolute atomic E-state index is 13.2. The minimum absolute atomic E-state index is 0.0300. The highest BCUT2D eigenvalue weighted by atomic mass is 19.1. The van der Waals surface area contributed by atoms with Gasteiger partial charge in [0.15, 0.2) is 0 Å². The Labute approximate surface area is 151 Å². The van der Waals surface area contributed by atoms with E-state index in [0.717, 1.165) is 48.2 Å². The summed E-state index contributed by atoms with van der Waals surface area (Å²) >= 11 is 0. The van der Waals surface area contributed by atoms with Crippen LogP contribution in [0.25, 0.3) is 10.9 Å². The highest BCUT2D eigenvalue weighted by Gasteiger charge is 2.20. The lowest BCUT2D eigenvalue weighted by Gasteiger charge is -2.26. The first kappa shape index (κ1) is 16.5. The van der Waals surface area contributed by atoms with E-state index in [1.54, 1.807) is 18.2 Å². The number of benzene rings is 2. The van der Waals surface area contributed by atoms with E-state index in [1.165, 1.54) is 18.6 Å². The zero-order chi connectivity index (χ0) is 17.9. The molecular weight excluding hydrogens is 329 g/mol. The Morgan fingerprint density at radius 3 is 2.50 bits per heavy atom. The standard InChI is InChI=1S/C21H20FN3O/c22-15-8-10-16(11-9-15)23-19-14-20(21(26)25-12-4-1-5-13-25)24-18-7-3-2-6-17(18)19/h2-3,6-11,14H,1,4-5,12-13H2,(H,23,24). The Bertz CT molecular complexity index is 934. The molecule has 4 nitrogen and oxygen atoms in total. The van der Waals surface area contributed by atoms with Crippen molar-refractivity contribution >= 4 is 28.2 Å². The zero-order valence-corrected chi connectivity index (χ0v) is 14.4. The fourth-order valence-electron chi connectivity index (χ4n) is 3.34. The van der Waals surface area contributed by atoms with Crippen molar-refractivity contribution in [2.24, 2.45) is 0 Å². The van der Waals surface area contributed by atoms with Crippen LogP contribution in [0.5, 0.6) is 0 Å². The molecule has 1 amide bonds. The average Bonchev–Trinajstić information content (AvgIpc) is 2.69. The summed E-state index contributed by atoms with van der Waals surface area (Å²) in [5.74, 6) is -0.311. The summed E-state index contributed by atoms with van der Waals surface area (Å²) in [5, 5.41) is 4.22. The predicted octanol–water partition coefficient (Wildman–Crippen LogP) is 4.74. The van der Waals surface area contributed by atoms with E-state index in [9.17, 15) is 9.18 Å². The summed E-state index contributed by atoms with van der Waals surface area (Å²) in [4.78, 5) is 19.3. The molecule has 0 atom stereocenters. The first-order valence-electron chi connectivity index (χ1n) is 8.92. The topological polar surface area (TPSA) is 45.2 Å². The minimum Gasteiger partial charge on any atom is -0.355 e. The molecule has 0 unspecified atom stereocenters. The summed E-state index contributed by atoms with van der Waals surface area (Å²) in [7, 11) is 0. The minimum atomic E-state index is -0.281. The Kier molecular flexibility index (Phi) is 4.52. The van der Waals surface area contributed by atoms with Crippen LogP contribution >= 0.6 is 0 Å². The van der Waals surface area contributed by atoms with Crippen LogP contribution in [0, 0.1) is 5.82 Å². The molecule has 26 heavy (non-hydrogen) atoms. The number of hydrogen-bond donors (Lipinski definition) is 1. The van der Waals surface area contributed by atoms with Crippen LogP contribution in [0.1, 0.15) is 29.8 Å². The van der Waals surface area contributed by atoms with Gasteiger partial charge in [-0.3, -0.25) is 4.79 Å². The van der Waals surface area contributed by atoms with Gasteiger partial charge in [0.1, 0.15) is 11.5 Å². The number of halogens is 1. The van der Waals surface area contributed by atoms with Crippen molar-refractivity contribution in [3.05, 3.63) is 66.1 Å². The average molecular weight is 349 g/mol. The van der Waals surface area contributed by atoms with Crippen LogP contribution in [0.15, 0.2) is 54.6 Å². The number of carbonyl (C=O) groups is 1. The van der Waals surface area contributed by atoms with Crippen molar-refractivity contribution in [2.45, 2.75) is 19.3 Å². The predicted molar refractivity (Wildman–Crippen MR) is 101 cm³/mol. The molecule has 0 aliphatic carbocycles. The summed E-state index contributed by atoms with van der Waals surface area (Å²) in [5.41, 5.74) is 2.76. The molecule has 1 N–H and O–H groups in total. The monoisotopic (exact) mass is 349 g/mol. The molecule has 1 aromatic heterocycles. The third kappa shape index (κ3) is 3.38. The summed E-state index contributed by atoms with van der Waals surface area (Å²) in [6.45, 7) is 1.57. The van der Waals surface area contributed by atoms with Gasteiger partial charge in [0.25, 0.3) is 5.91 Å². The smallest absolute Gasteiger partial charge is 0.272 e. The second kappa shape index (κ2) is 7.12. The van der Waals surface area contributed by atoms with Gasteiger partial charge in [-0.15, -0.1) is 0 Å². The Morgan fingerprint density at radius 1 is 1.00 bits per heavy atom. The molecule has 2 aromatic carbocycles. The van der Waals surface area contributed by atoms with Crippen LogP contribution < -0.4 is 5.32 Å². The fourth-order valence-corrected chi connectivity index (χ4v) is 3.34. The number of nitrogens with one attached hydrogen (secondary N) is 1. The fraction of sp³-hybridized carbons (Fsp3) is 0.238. The molecule has 0 spiro atoms. The molecule has 1 aliphatic rings. The van der Waals surface area contributed by atoms with E-state index in [0.29, 0.717) is 5.69 Å². The van der Waals surface area contributed by atoms with E-state index in [2.05, 4.69) is 10.3 Å². The number of fused-ring (bicyclic) bond motifs is 1. The van der Waals surface area contributed by atoms with E-state index in [4.69, 9.17) is 0 Å². The van der Waals surface area contributed by atoms with Gasteiger partial charge in [-0.25, -0.2) is 9.37 Å². The Balaban J connectivity index is 1.73. The van der Waals surface area contributed by atoms with Gasteiger partial charge in [0.05, 0.1) is 11.2 Å². The normalized spacial score (nSPS) is 14.4. The first-order chi connectivity index (χ1) is 12.7. The third-order valence-corrected chi connectivity index (χ3v) is 4.70. The maximum atomic E-state index is 13.2. The molecule has 3 aromatic rings. The summed E-state index contributed by atoms with van der Waals surface area (Å²) in [6.07, 6.45) is 3.26. The number of pyridine rings is 1. The number of piperidine rings is 1. The molecular formula is C21H20FN3O. The second-order valence-electron chi connectivity index (χ2n) is 6.56. The largest absolute Gasteiger partial charge is 0.355 e. The molecule has 0 bridgehead atoms. The first-order valence-corrected chi connectivity index (χ1v) is 8.92. The second-order valence-corrected chi connectivity index (χ2v) is 6.56. The van der Waals surface area contributed by atoms with Gasteiger partial charge >= 0.3 is 0 Å². The molecule has 0 radical (unpaired) electrons. The molecule has 5 heteroatoms. The quantitative estimate of drug-likeness (QED) is 0.742. The van der Waals surface area contributed by atoms with E-state index < -0.39 is 0 Å². The molecule has 4 rings (SSSR count). The van der Waals surface area contributed by atoms with Crippen molar-refractivity contribution in [3.8, 4) is 0 Å². The van der Waals surface area contributed by atoms with Crippen molar-refractivity contribution in [2.75, 3.05) is 18.4 Å².